The fraction of sp³-hybridized carbons (Fsp3) is 0.556. The van der Waals surface area contributed by atoms with Gasteiger partial charge in [-0.25, -0.2) is 4.79 Å². The van der Waals surface area contributed by atoms with Gasteiger partial charge in [-0.3, -0.25) is 4.79 Å². The van der Waals surface area contributed by atoms with Crippen LogP contribution >= 0.6 is 34.8 Å². The number of amides is 1. The van der Waals surface area contributed by atoms with Gasteiger partial charge >= 0.3 is 5.97 Å². The van der Waals surface area contributed by atoms with Gasteiger partial charge in [0.2, 0.25) is 9.70 Å². The first kappa shape index (κ1) is 22.9. The number of halogens is 3. The van der Waals surface area contributed by atoms with E-state index in [-0.39, 0.29) is 17.8 Å². The Morgan fingerprint density at radius 1 is 1.15 bits per heavy atom. The molecular weight excluding hydrogens is 399 g/mol. The molecule has 1 atom stereocenters. The van der Waals surface area contributed by atoms with Crippen molar-refractivity contribution in [2.75, 3.05) is 11.9 Å². The molecule has 2 N–H and O–H groups in total. The van der Waals surface area contributed by atoms with E-state index in [1.165, 1.54) is 0 Å². The lowest BCUT2D eigenvalue weighted by atomic mass is 10.1. The summed E-state index contributed by atoms with van der Waals surface area (Å²) in [5.74, 6) is -0.419. The molecule has 0 saturated carbocycles. The van der Waals surface area contributed by atoms with Crippen LogP contribution in [-0.2, 0) is 9.53 Å². The van der Waals surface area contributed by atoms with E-state index in [2.05, 4.69) is 10.6 Å². The van der Waals surface area contributed by atoms with Crippen molar-refractivity contribution in [2.45, 2.75) is 50.0 Å². The molecule has 1 rings (SSSR count). The Labute approximate surface area is 169 Å². The standard InChI is InChI=1S/C18H25Cl3N2O3/c1-4-5-10-26-16(25)13-6-8-14(9-7-13)22-17(18(19,20)21)23-15(24)11-12(2)3/h6-9,12,17,22H,4-5,10-11H2,1-3H3,(H,23,24)/t17-/m0/s1. The van der Waals surface area contributed by atoms with Crippen molar-refractivity contribution in [3.63, 3.8) is 0 Å². The van der Waals surface area contributed by atoms with Gasteiger partial charge in [0.05, 0.1) is 12.2 Å². The minimum atomic E-state index is -1.75. The highest BCUT2D eigenvalue weighted by molar-refractivity contribution is 6.68. The third-order valence-corrected chi connectivity index (χ3v) is 4.04. The van der Waals surface area contributed by atoms with Crippen molar-refractivity contribution >= 4 is 52.4 Å². The zero-order valence-corrected chi connectivity index (χ0v) is 17.4. The van der Waals surface area contributed by atoms with E-state index in [9.17, 15) is 9.59 Å². The van der Waals surface area contributed by atoms with Crippen LogP contribution in [0.5, 0.6) is 0 Å². The minimum Gasteiger partial charge on any atom is -0.462 e. The Morgan fingerprint density at radius 3 is 2.27 bits per heavy atom. The number of benzene rings is 1. The van der Waals surface area contributed by atoms with E-state index in [1.54, 1.807) is 24.3 Å². The van der Waals surface area contributed by atoms with Crippen molar-refractivity contribution in [1.82, 2.24) is 5.32 Å². The number of nitrogens with one attached hydrogen (secondary N) is 2. The van der Waals surface area contributed by atoms with E-state index < -0.39 is 9.96 Å². The minimum absolute atomic E-state index is 0.184. The molecule has 1 aromatic rings. The highest BCUT2D eigenvalue weighted by atomic mass is 35.6. The van der Waals surface area contributed by atoms with Gasteiger partial charge in [-0.1, -0.05) is 62.0 Å². The smallest absolute Gasteiger partial charge is 0.338 e. The van der Waals surface area contributed by atoms with Crippen molar-refractivity contribution in [3.05, 3.63) is 29.8 Å². The Balaban J connectivity index is 2.73. The first-order valence-corrected chi connectivity index (χ1v) is 9.66. The number of hydrogen-bond donors (Lipinski definition) is 2. The second-order valence-corrected chi connectivity index (χ2v) is 8.72. The molecule has 0 aliphatic carbocycles. The maximum absolute atomic E-state index is 12.0. The molecule has 0 spiro atoms. The van der Waals surface area contributed by atoms with E-state index in [0.29, 0.717) is 24.3 Å². The zero-order valence-electron chi connectivity index (χ0n) is 15.2. The predicted molar refractivity (Wildman–Crippen MR) is 107 cm³/mol. The van der Waals surface area contributed by atoms with Crippen LogP contribution in [0.15, 0.2) is 24.3 Å². The fourth-order valence-corrected chi connectivity index (χ4v) is 2.38. The van der Waals surface area contributed by atoms with Crippen LogP contribution in [0.25, 0.3) is 0 Å². The number of carbonyl (C=O) groups is 2. The fourth-order valence-electron chi connectivity index (χ4n) is 2.05. The van der Waals surface area contributed by atoms with Gasteiger partial charge < -0.3 is 15.4 Å². The average molecular weight is 424 g/mol. The Kier molecular flexibility index (Phi) is 9.55. The number of ether oxygens (including phenoxy) is 1. The summed E-state index contributed by atoms with van der Waals surface area (Å²) in [4.78, 5) is 23.9. The second-order valence-electron chi connectivity index (χ2n) is 6.35. The molecule has 146 valence electrons. The van der Waals surface area contributed by atoms with E-state index in [4.69, 9.17) is 39.5 Å². The van der Waals surface area contributed by atoms with Crippen molar-refractivity contribution in [2.24, 2.45) is 5.92 Å². The normalized spacial score (nSPS) is 12.6. The van der Waals surface area contributed by atoms with Gasteiger partial charge in [0.25, 0.3) is 0 Å². The second kappa shape index (κ2) is 10.9. The van der Waals surface area contributed by atoms with Gasteiger partial charge in [0, 0.05) is 12.1 Å². The lowest BCUT2D eigenvalue weighted by Gasteiger charge is -2.27. The molecule has 0 fully saturated rings. The summed E-state index contributed by atoms with van der Waals surface area (Å²) in [5.41, 5.74) is 1.03. The summed E-state index contributed by atoms with van der Waals surface area (Å²) in [6.45, 7) is 6.27. The number of hydrogen-bond acceptors (Lipinski definition) is 4. The first-order chi connectivity index (χ1) is 12.1. The quantitative estimate of drug-likeness (QED) is 0.256. The summed E-state index contributed by atoms with van der Waals surface area (Å²) >= 11 is 17.9. The lowest BCUT2D eigenvalue weighted by molar-refractivity contribution is -0.122. The van der Waals surface area contributed by atoms with Crippen LogP contribution in [0.4, 0.5) is 5.69 Å². The molecule has 26 heavy (non-hydrogen) atoms. The van der Waals surface area contributed by atoms with Gasteiger partial charge in [-0.15, -0.1) is 0 Å². The van der Waals surface area contributed by atoms with Crippen LogP contribution < -0.4 is 10.6 Å². The Morgan fingerprint density at radius 2 is 1.77 bits per heavy atom. The monoisotopic (exact) mass is 422 g/mol. The molecule has 0 aliphatic heterocycles. The lowest BCUT2D eigenvalue weighted by Crippen LogP contribution is -2.49. The van der Waals surface area contributed by atoms with Gasteiger partial charge in [0.1, 0.15) is 6.17 Å². The van der Waals surface area contributed by atoms with Gasteiger partial charge in [0.15, 0.2) is 0 Å². The summed E-state index contributed by atoms with van der Waals surface area (Å²) in [6, 6.07) is 6.55. The molecule has 0 heterocycles. The molecule has 8 heteroatoms. The molecular formula is C18H25Cl3N2O3. The molecule has 0 radical (unpaired) electrons. The predicted octanol–water partition coefficient (Wildman–Crippen LogP) is 4.91. The number of carbonyl (C=O) groups excluding carboxylic acids is 2. The molecule has 0 saturated heterocycles. The van der Waals surface area contributed by atoms with Crippen LogP contribution in [0.1, 0.15) is 50.4 Å². The highest BCUT2D eigenvalue weighted by Gasteiger charge is 2.34. The molecule has 5 nitrogen and oxygen atoms in total. The van der Waals surface area contributed by atoms with E-state index in [1.807, 2.05) is 20.8 Å². The summed E-state index contributed by atoms with van der Waals surface area (Å²) < 4.78 is 3.41. The number of alkyl halides is 3. The van der Waals surface area contributed by atoms with E-state index in [0.717, 1.165) is 12.8 Å². The van der Waals surface area contributed by atoms with Crippen molar-refractivity contribution in [3.8, 4) is 0 Å². The summed E-state index contributed by atoms with van der Waals surface area (Å²) in [7, 11) is 0. The Hall–Kier alpha value is -1.17. The highest BCUT2D eigenvalue weighted by Crippen LogP contribution is 2.31. The molecule has 0 aliphatic rings. The molecule has 1 amide bonds. The summed E-state index contributed by atoms with van der Waals surface area (Å²) in [5, 5.41) is 5.63. The SMILES string of the molecule is CCCCOC(=O)c1ccc(N[C@@H](NC(=O)CC(C)C)C(Cl)(Cl)Cl)cc1. The number of anilines is 1. The van der Waals surface area contributed by atoms with E-state index >= 15 is 0 Å². The molecule has 0 aromatic heterocycles. The van der Waals surface area contributed by atoms with Crippen molar-refractivity contribution < 1.29 is 14.3 Å². The number of unbranched alkanes of at least 4 members (excludes halogenated alkanes) is 1. The average Bonchev–Trinajstić information content (AvgIpc) is 2.53. The topological polar surface area (TPSA) is 67.4 Å². The zero-order chi connectivity index (χ0) is 19.7. The third-order valence-electron chi connectivity index (χ3n) is 3.39. The van der Waals surface area contributed by atoms with Crippen LogP contribution in [-0.4, -0.2) is 28.4 Å². The third kappa shape index (κ3) is 8.47. The largest absolute Gasteiger partial charge is 0.462 e. The van der Waals surface area contributed by atoms with Crippen LogP contribution in [0, 0.1) is 5.92 Å². The Bertz CT molecular complexity index is 586. The van der Waals surface area contributed by atoms with Gasteiger partial charge in [-0.2, -0.15) is 0 Å². The maximum atomic E-state index is 12.0. The number of rotatable bonds is 9. The molecule has 0 bridgehead atoms. The van der Waals surface area contributed by atoms with Gasteiger partial charge in [-0.05, 0) is 36.6 Å². The van der Waals surface area contributed by atoms with Crippen LogP contribution in [0.3, 0.4) is 0 Å². The maximum Gasteiger partial charge on any atom is 0.338 e. The molecule has 0 unspecified atom stereocenters. The number of esters is 1. The van der Waals surface area contributed by atoms with Crippen molar-refractivity contribution in [1.29, 1.82) is 0 Å². The molecule has 1 aromatic carbocycles. The van der Waals surface area contributed by atoms with Crippen LogP contribution in [0.2, 0.25) is 0 Å². The summed E-state index contributed by atoms with van der Waals surface area (Å²) in [6.07, 6.45) is 1.19. The first-order valence-electron chi connectivity index (χ1n) is 8.53.